The van der Waals surface area contributed by atoms with E-state index in [2.05, 4.69) is 12.1 Å². The molecular formula is C30H22O5. The molecule has 172 valence electrons. The molecule has 1 aliphatic heterocycles. The molecule has 0 spiro atoms. The van der Waals surface area contributed by atoms with Gasteiger partial charge in [0.05, 0.1) is 18.2 Å². The number of ketones is 1. The molecule has 0 unspecified atom stereocenters. The first kappa shape index (κ1) is 22.2. The molecule has 0 N–H and O–H groups in total. The molecule has 0 fully saturated rings. The third-order valence-corrected chi connectivity index (χ3v) is 5.74. The van der Waals surface area contributed by atoms with E-state index in [1.807, 2.05) is 54.6 Å². The lowest BCUT2D eigenvalue weighted by atomic mass is 10.0. The van der Waals surface area contributed by atoms with Crippen molar-refractivity contribution in [1.29, 1.82) is 0 Å². The van der Waals surface area contributed by atoms with Crippen molar-refractivity contribution >= 4 is 17.8 Å². The van der Waals surface area contributed by atoms with Gasteiger partial charge in [0.1, 0.15) is 18.1 Å². The zero-order chi connectivity index (χ0) is 24.2. The van der Waals surface area contributed by atoms with Crippen LogP contribution in [-0.4, -0.2) is 18.9 Å². The number of ether oxygens (including phenoxy) is 3. The van der Waals surface area contributed by atoms with Crippen LogP contribution in [0.25, 0.3) is 17.2 Å². The van der Waals surface area contributed by atoms with Gasteiger partial charge in [-0.2, -0.15) is 0 Å². The summed E-state index contributed by atoms with van der Waals surface area (Å²) < 4.78 is 16.4. The van der Waals surface area contributed by atoms with Crippen LogP contribution >= 0.6 is 0 Å². The fourth-order valence-electron chi connectivity index (χ4n) is 3.83. The van der Waals surface area contributed by atoms with E-state index in [-0.39, 0.29) is 17.5 Å². The van der Waals surface area contributed by atoms with Gasteiger partial charge in [-0.25, -0.2) is 4.79 Å². The largest absolute Gasteiger partial charge is 0.489 e. The van der Waals surface area contributed by atoms with Crippen LogP contribution in [0, 0.1) is 0 Å². The second kappa shape index (κ2) is 9.69. The van der Waals surface area contributed by atoms with E-state index in [9.17, 15) is 9.59 Å². The van der Waals surface area contributed by atoms with E-state index >= 15 is 0 Å². The summed E-state index contributed by atoms with van der Waals surface area (Å²) in [5, 5.41) is 0. The van der Waals surface area contributed by atoms with Crippen molar-refractivity contribution in [3.63, 3.8) is 0 Å². The van der Waals surface area contributed by atoms with Gasteiger partial charge in [-0.1, -0.05) is 66.7 Å². The SMILES string of the molecule is COC(=O)c1ccc(COc2ccc3c(c2)OC(=Cc2ccc(-c4ccccc4)cc2)C3=O)cc1. The first-order valence-electron chi connectivity index (χ1n) is 11.1. The van der Waals surface area contributed by atoms with Gasteiger partial charge in [0.25, 0.3) is 0 Å². The van der Waals surface area contributed by atoms with Gasteiger partial charge in [0.2, 0.25) is 5.78 Å². The van der Waals surface area contributed by atoms with Crippen molar-refractivity contribution in [3.8, 4) is 22.6 Å². The first-order valence-corrected chi connectivity index (χ1v) is 11.1. The lowest BCUT2D eigenvalue weighted by molar-refractivity contribution is 0.0600. The quantitative estimate of drug-likeness (QED) is 0.247. The fourth-order valence-corrected chi connectivity index (χ4v) is 3.83. The molecule has 4 aromatic carbocycles. The molecule has 1 aliphatic rings. The summed E-state index contributed by atoms with van der Waals surface area (Å²) in [5.41, 5.74) is 5.01. The minimum absolute atomic E-state index is 0.155. The maximum atomic E-state index is 12.8. The van der Waals surface area contributed by atoms with Gasteiger partial charge in [-0.05, 0) is 52.6 Å². The molecule has 1 heterocycles. The molecule has 5 nitrogen and oxygen atoms in total. The van der Waals surface area contributed by atoms with E-state index < -0.39 is 0 Å². The van der Waals surface area contributed by atoms with Crippen LogP contribution in [0.4, 0.5) is 0 Å². The number of carbonyl (C=O) groups excluding carboxylic acids is 2. The maximum Gasteiger partial charge on any atom is 0.337 e. The molecule has 0 saturated heterocycles. The minimum atomic E-state index is -0.381. The van der Waals surface area contributed by atoms with Crippen LogP contribution in [0.5, 0.6) is 11.5 Å². The summed E-state index contributed by atoms with van der Waals surface area (Å²) in [5.74, 6) is 0.803. The third-order valence-electron chi connectivity index (χ3n) is 5.74. The Bertz CT molecular complexity index is 1400. The van der Waals surface area contributed by atoms with Crippen LogP contribution < -0.4 is 9.47 Å². The molecule has 0 bridgehead atoms. The highest BCUT2D eigenvalue weighted by Gasteiger charge is 2.27. The van der Waals surface area contributed by atoms with Crippen LogP contribution in [-0.2, 0) is 11.3 Å². The van der Waals surface area contributed by atoms with Gasteiger partial charge in [0.15, 0.2) is 5.76 Å². The maximum absolute atomic E-state index is 12.8. The van der Waals surface area contributed by atoms with Gasteiger partial charge in [0, 0.05) is 6.07 Å². The highest BCUT2D eigenvalue weighted by molar-refractivity contribution is 6.14. The molecule has 0 atom stereocenters. The number of methoxy groups -OCH3 is 1. The predicted octanol–water partition coefficient (Wildman–Crippen LogP) is 6.34. The number of hydrogen-bond donors (Lipinski definition) is 0. The van der Waals surface area contributed by atoms with Crippen LogP contribution in [0.15, 0.2) is 103 Å². The molecule has 35 heavy (non-hydrogen) atoms. The molecule has 0 amide bonds. The highest BCUT2D eigenvalue weighted by Crippen LogP contribution is 2.35. The Morgan fingerprint density at radius 3 is 2.29 bits per heavy atom. The molecule has 0 radical (unpaired) electrons. The summed E-state index contributed by atoms with van der Waals surface area (Å²) in [6.07, 6.45) is 1.75. The number of fused-ring (bicyclic) bond motifs is 1. The fraction of sp³-hybridized carbons (Fsp3) is 0.0667. The van der Waals surface area contributed by atoms with Crippen LogP contribution in [0.1, 0.15) is 31.8 Å². The summed E-state index contributed by atoms with van der Waals surface area (Å²) in [7, 11) is 1.35. The number of hydrogen-bond acceptors (Lipinski definition) is 5. The van der Waals surface area contributed by atoms with Gasteiger partial charge in [-0.15, -0.1) is 0 Å². The van der Waals surface area contributed by atoms with E-state index in [1.54, 1.807) is 36.4 Å². The van der Waals surface area contributed by atoms with E-state index in [0.717, 1.165) is 22.3 Å². The zero-order valence-electron chi connectivity index (χ0n) is 19.1. The van der Waals surface area contributed by atoms with E-state index in [0.29, 0.717) is 29.2 Å². The van der Waals surface area contributed by atoms with Crippen molar-refractivity contribution < 1.29 is 23.8 Å². The van der Waals surface area contributed by atoms with Gasteiger partial charge in [-0.3, -0.25) is 4.79 Å². The normalized spacial score (nSPS) is 13.3. The lowest BCUT2D eigenvalue weighted by Crippen LogP contribution is -2.02. The highest BCUT2D eigenvalue weighted by atomic mass is 16.5. The standard InChI is InChI=1S/C30H22O5/c1-33-30(32)24-13-9-21(10-14-24)19-34-25-15-16-26-27(18-25)35-28(29(26)31)17-20-7-11-23(12-8-20)22-5-3-2-4-6-22/h2-18H,19H2,1H3. The number of Topliss-reactive ketones (excluding diaryl/α,β-unsaturated/α-hetero) is 1. The Kier molecular flexibility index (Phi) is 6.14. The van der Waals surface area contributed by atoms with E-state index in [4.69, 9.17) is 14.2 Å². The first-order chi connectivity index (χ1) is 17.1. The number of allylic oxidation sites excluding steroid dienone is 1. The van der Waals surface area contributed by atoms with Crippen molar-refractivity contribution in [2.45, 2.75) is 6.61 Å². The third kappa shape index (κ3) is 4.84. The average molecular weight is 463 g/mol. The van der Waals surface area contributed by atoms with Crippen LogP contribution in [0.3, 0.4) is 0 Å². The summed E-state index contributed by atoms with van der Waals surface area (Å²) >= 11 is 0. The molecule has 0 saturated carbocycles. The molecule has 0 aliphatic carbocycles. The predicted molar refractivity (Wildman–Crippen MR) is 133 cm³/mol. The van der Waals surface area contributed by atoms with Crippen LogP contribution in [0.2, 0.25) is 0 Å². The number of rotatable bonds is 6. The Labute approximate surface area is 203 Å². The Morgan fingerprint density at radius 2 is 1.57 bits per heavy atom. The topological polar surface area (TPSA) is 61.8 Å². The number of carbonyl (C=O) groups is 2. The Morgan fingerprint density at radius 1 is 0.857 bits per heavy atom. The molecule has 0 aromatic heterocycles. The van der Waals surface area contributed by atoms with Gasteiger partial charge < -0.3 is 14.2 Å². The van der Waals surface area contributed by atoms with Crippen molar-refractivity contribution in [2.24, 2.45) is 0 Å². The molecule has 4 aromatic rings. The van der Waals surface area contributed by atoms with Crippen molar-refractivity contribution in [1.82, 2.24) is 0 Å². The summed E-state index contributed by atoms with van der Waals surface area (Å²) in [6, 6.07) is 30.3. The summed E-state index contributed by atoms with van der Waals surface area (Å²) in [4.78, 5) is 24.4. The Balaban J connectivity index is 1.26. The second-order valence-electron chi connectivity index (χ2n) is 8.06. The molecule has 5 rings (SSSR count). The van der Waals surface area contributed by atoms with Crippen molar-refractivity contribution in [3.05, 3.63) is 125 Å². The summed E-state index contributed by atoms with van der Waals surface area (Å²) in [6.45, 7) is 0.310. The molecular weight excluding hydrogens is 440 g/mol. The smallest absolute Gasteiger partial charge is 0.337 e. The average Bonchev–Trinajstić information content (AvgIpc) is 3.22. The second-order valence-corrected chi connectivity index (χ2v) is 8.06. The zero-order valence-corrected chi connectivity index (χ0v) is 19.1. The van der Waals surface area contributed by atoms with Gasteiger partial charge >= 0.3 is 5.97 Å². The minimum Gasteiger partial charge on any atom is -0.489 e. The molecule has 5 heteroatoms. The number of esters is 1. The number of benzene rings is 4. The lowest BCUT2D eigenvalue weighted by Gasteiger charge is -2.08. The monoisotopic (exact) mass is 462 g/mol. The Hall–Kier alpha value is -4.64. The van der Waals surface area contributed by atoms with E-state index in [1.165, 1.54) is 7.11 Å². The van der Waals surface area contributed by atoms with Crippen molar-refractivity contribution in [2.75, 3.05) is 7.11 Å².